The molecular weight excluding hydrogens is 236 g/mol. The van der Waals surface area contributed by atoms with Gasteiger partial charge < -0.3 is 9.72 Å². The lowest BCUT2D eigenvalue weighted by Crippen LogP contribution is -2.41. The number of ether oxygens (including phenoxy) is 1. The van der Waals surface area contributed by atoms with E-state index in [9.17, 15) is 0 Å². The van der Waals surface area contributed by atoms with Crippen molar-refractivity contribution in [2.24, 2.45) is 0 Å². The second-order valence-electron chi connectivity index (χ2n) is 5.43. The highest BCUT2D eigenvalue weighted by atomic mass is 16.5. The Balaban J connectivity index is 1.80. The van der Waals surface area contributed by atoms with Gasteiger partial charge in [-0.05, 0) is 37.1 Å². The molecule has 1 aliphatic rings. The molecule has 0 radical (unpaired) electrons. The lowest BCUT2D eigenvalue weighted by Gasteiger charge is -2.35. The molecule has 0 amide bonds. The molecule has 1 unspecified atom stereocenters. The van der Waals surface area contributed by atoms with Gasteiger partial charge in [-0.25, -0.2) is 0 Å². The Kier molecular flexibility index (Phi) is 3.85. The topological polar surface area (TPSA) is 28.3 Å². The molecule has 3 heteroatoms. The predicted molar refractivity (Wildman–Crippen MR) is 78.2 cm³/mol. The summed E-state index contributed by atoms with van der Waals surface area (Å²) < 4.78 is 5.37. The van der Waals surface area contributed by atoms with Crippen LogP contribution in [0, 0.1) is 0 Å². The molecule has 1 aromatic heterocycles. The largest absolute Gasteiger partial charge is 0.383 e. The quantitative estimate of drug-likeness (QED) is 0.912. The number of hydrogen-bond acceptors (Lipinski definition) is 2. The van der Waals surface area contributed by atoms with Crippen LogP contribution in [0.25, 0.3) is 10.9 Å². The van der Waals surface area contributed by atoms with Crippen molar-refractivity contribution in [3.8, 4) is 0 Å². The number of likely N-dealkylation sites (tertiary alicyclic amines) is 1. The van der Waals surface area contributed by atoms with Crippen molar-refractivity contribution in [1.82, 2.24) is 9.88 Å². The first kappa shape index (κ1) is 12.7. The predicted octanol–water partition coefficient (Wildman–Crippen LogP) is 3.17. The van der Waals surface area contributed by atoms with E-state index in [1.54, 1.807) is 7.11 Å². The standard InChI is InChI=1S/C16H22N2O/c1-19-12-14-6-2-3-10-18(14)11-13-5-4-7-16-15(13)8-9-17-16/h4-5,7-9,14,17H,2-3,6,10-12H2,1H3. The van der Waals surface area contributed by atoms with E-state index in [0.29, 0.717) is 6.04 Å². The molecule has 2 aromatic rings. The first-order valence-electron chi connectivity index (χ1n) is 7.16. The van der Waals surface area contributed by atoms with Crippen molar-refractivity contribution < 1.29 is 4.74 Å². The molecule has 0 aliphatic carbocycles. The number of benzene rings is 1. The molecule has 102 valence electrons. The van der Waals surface area contributed by atoms with Gasteiger partial charge in [-0.2, -0.15) is 0 Å². The maximum absolute atomic E-state index is 5.37. The van der Waals surface area contributed by atoms with E-state index in [-0.39, 0.29) is 0 Å². The van der Waals surface area contributed by atoms with E-state index >= 15 is 0 Å². The Morgan fingerprint density at radius 1 is 1.32 bits per heavy atom. The van der Waals surface area contributed by atoms with Crippen molar-refractivity contribution in [1.29, 1.82) is 0 Å². The molecule has 1 aromatic carbocycles. The summed E-state index contributed by atoms with van der Waals surface area (Å²) in [5.74, 6) is 0. The van der Waals surface area contributed by atoms with E-state index in [4.69, 9.17) is 4.74 Å². The molecule has 1 fully saturated rings. The van der Waals surface area contributed by atoms with Crippen LogP contribution in [0.2, 0.25) is 0 Å². The van der Waals surface area contributed by atoms with Crippen molar-refractivity contribution in [2.75, 3.05) is 20.3 Å². The minimum absolute atomic E-state index is 0.577. The highest BCUT2D eigenvalue weighted by Crippen LogP contribution is 2.23. The molecule has 3 rings (SSSR count). The Labute approximate surface area is 114 Å². The van der Waals surface area contributed by atoms with Crippen molar-refractivity contribution in [3.05, 3.63) is 36.0 Å². The molecule has 2 heterocycles. The van der Waals surface area contributed by atoms with Gasteiger partial charge in [0.2, 0.25) is 0 Å². The monoisotopic (exact) mass is 258 g/mol. The Hall–Kier alpha value is -1.32. The second-order valence-corrected chi connectivity index (χ2v) is 5.43. The number of aromatic nitrogens is 1. The number of methoxy groups -OCH3 is 1. The van der Waals surface area contributed by atoms with E-state index in [1.807, 2.05) is 6.20 Å². The summed E-state index contributed by atoms with van der Waals surface area (Å²) >= 11 is 0. The van der Waals surface area contributed by atoms with Crippen LogP contribution in [-0.2, 0) is 11.3 Å². The van der Waals surface area contributed by atoms with Crippen LogP contribution in [-0.4, -0.2) is 36.2 Å². The van der Waals surface area contributed by atoms with Crippen LogP contribution in [0.1, 0.15) is 24.8 Å². The summed E-state index contributed by atoms with van der Waals surface area (Å²) in [5, 5.41) is 1.35. The summed E-state index contributed by atoms with van der Waals surface area (Å²) in [6, 6.07) is 9.28. The van der Waals surface area contributed by atoms with Crippen LogP contribution >= 0.6 is 0 Å². The SMILES string of the molecule is COCC1CCCCN1Cc1cccc2[nH]ccc12. The van der Waals surface area contributed by atoms with Gasteiger partial charge in [0.05, 0.1) is 6.61 Å². The van der Waals surface area contributed by atoms with Gasteiger partial charge in [0.1, 0.15) is 0 Å². The van der Waals surface area contributed by atoms with Crippen molar-refractivity contribution in [3.63, 3.8) is 0 Å². The highest BCUT2D eigenvalue weighted by Gasteiger charge is 2.22. The third kappa shape index (κ3) is 2.67. The highest BCUT2D eigenvalue weighted by molar-refractivity contribution is 5.82. The van der Waals surface area contributed by atoms with Gasteiger partial charge in [0.25, 0.3) is 0 Å². The maximum Gasteiger partial charge on any atom is 0.0618 e. The van der Waals surface area contributed by atoms with Crippen molar-refractivity contribution >= 4 is 10.9 Å². The van der Waals surface area contributed by atoms with Gasteiger partial charge in [0.15, 0.2) is 0 Å². The normalized spacial score (nSPS) is 21.0. The third-order valence-corrected chi connectivity index (χ3v) is 4.17. The first-order chi connectivity index (χ1) is 9.38. The van der Waals surface area contributed by atoms with Gasteiger partial charge >= 0.3 is 0 Å². The van der Waals surface area contributed by atoms with Gasteiger partial charge in [-0.3, -0.25) is 4.90 Å². The van der Waals surface area contributed by atoms with E-state index in [1.165, 1.54) is 42.3 Å². The summed E-state index contributed by atoms with van der Waals surface area (Å²) in [7, 11) is 1.81. The average molecular weight is 258 g/mol. The molecule has 19 heavy (non-hydrogen) atoms. The van der Waals surface area contributed by atoms with Crippen LogP contribution in [0.15, 0.2) is 30.5 Å². The zero-order chi connectivity index (χ0) is 13.1. The lowest BCUT2D eigenvalue weighted by molar-refractivity contribution is 0.0603. The first-order valence-corrected chi connectivity index (χ1v) is 7.16. The molecular formula is C16H22N2O. The molecule has 1 N–H and O–H groups in total. The molecule has 0 saturated carbocycles. The van der Waals surface area contributed by atoms with Crippen LogP contribution < -0.4 is 0 Å². The van der Waals surface area contributed by atoms with Gasteiger partial charge in [-0.15, -0.1) is 0 Å². The Morgan fingerprint density at radius 3 is 3.16 bits per heavy atom. The zero-order valence-electron chi connectivity index (χ0n) is 11.6. The second kappa shape index (κ2) is 5.76. The van der Waals surface area contributed by atoms with Crippen LogP contribution in [0.3, 0.4) is 0 Å². The number of aromatic amines is 1. The molecule has 3 nitrogen and oxygen atoms in total. The van der Waals surface area contributed by atoms with Crippen molar-refractivity contribution in [2.45, 2.75) is 31.8 Å². The van der Waals surface area contributed by atoms with Crippen LogP contribution in [0.5, 0.6) is 0 Å². The lowest BCUT2D eigenvalue weighted by atomic mass is 10.0. The molecule has 0 spiro atoms. The fourth-order valence-corrected chi connectivity index (χ4v) is 3.16. The smallest absolute Gasteiger partial charge is 0.0618 e. The minimum atomic E-state index is 0.577. The fraction of sp³-hybridized carbons (Fsp3) is 0.500. The molecule has 1 aliphatic heterocycles. The fourth-order valence-electron chi connectivity index (χ4n) is 3.16. The number of H-pyrrole nitrogens is 1. The maximum atomic E-state index is 5.37. The number of nitrogens with one attached hydrogen (secondary N) is 1. The number of hydrogen-bond donors (Lipinski definition) is 1. The Bertz CT molecular complexity index is 532. The third-order valence-electron chi connectivity index (χ3n) is 4.17. The van der Waals surface area contributed by atoms with Gasteiger partial charge in [0, 0.05) is 36.8 Å². The number of rotatable bonds is 4. The zero-order valence-corrected chi connectivity index (χ0v) is 11.6. The minimum Gasteiger partial charge on any atom is -0.383 e. The average Bonchev–Trinajstić information content (AvgIpc) is 2.91. The van der Waals surface area contributed by atoms with Gasteiger partial charge in [-0.1, -0.05) is 18.6 Å². The molecule has 0 bridgehead atoms. The summed E-state index contributed by atoms with van der Waals surface area (Å²) in [6.07, 6.45) is 5.93. The molecule has 1 atom stereocenters. The Morgan fingerprint density at radius 2 is 2.26 bits per heavy atom. The summed E-state index contributed by atoms with van der Waals surface area (Å²) in [5.41, 5.74) is 2.65. The van der Waals surface area contributed by atoms with E-state index in [0.717, 1.165) is 13.2 Å². The summed E-state index contributed by atoms with van der Waals surface area (Å²) in [4.78, 5) is 5.87. The number of piperidine rings is 1. The number of fused-ring (bicyclic) bond motifs is 1. The summed E-state index contributed by atoms with van der Waals surface area (Å²) in [6.45, 7) is 3.07. The molecule has 1 saturated heterocycles. The van der Waals surface area contributed by atoms with Crippen LogP contribution in [0.4, 0.5) is 0 Å². The number of nitrogens with zero attached hydrogens (tertiary/aromatic N) is 1. The van der Waals surface area contributed by atoms with E-state index < -0.39 is 0 Å². The van der Waals surface area contributed by atoms with E-state index in [2.05, 4.69) is 34.1 Å².